The van der Waals surface area contributed by atoms with Crippen molar-refractivity contribution in [2.75, 3.05) is 5.32 Å². The maximum atomic E-state index is 14.1. The highest BCUT2D eigenvalue weighted by molar-refractivity contribution is 7.15. The number of thiazole rings is 1. The summed E-state index contributed by atoms with van der Waals surface area (Å²) in [6.07, 6.45) is 5.86. The van der Waals surface area contributed by atoms with Crippen LogP contribution in [0.2, 0.25) is 0 Å². The van der Waals surface area contributed by atoms with Crippen molar-refractivity contribution in [2.24, 2.45) is 0 Å². The Labute approximate surface area is 164 Å². The monoisotopic (exact) mass is 389 g/mol. The number of aromatic nitrogens is 1. The molecule has 4 nitrogen and oxygen atoms in total. The van der Waals surface area contributed by atoms with Crippen molar-refractivity contribution in [3.05, 3.63) is 46.2 Å². The van der Waals surface area contributed by atoms with Crippen molar-refractivity contribution in [3.63, 3.8) is 0 Å². The van der Waals surface area contributed by atoms with E-state index in [1.807, 2.05) is 12.3 Å². The van der Waals surface area contributed by atoms with E-state index in [9.17, 15) is 9.18 Å². The van der Waals surface area contributed by atoms with E-state index in [0.29, 0.717) is 17.5 Å². The molecular formula is C21H28FN3OS. The number of benzene rings is 1. The first-order valence-electron chi connectivity index (χ1n) is 9.76. The molecule has 2 aromatic rings. The minimum Gasteiger partial charge on any atom is -0.303 e. The molecule has 0 bridgehead atoms. The molecule has 1 aromatic carbocycles. The molecule has 1 aliphatic carbocycles. The number of nitrogens with one attached hydrogen (secondary N) is 2. The van der Waals surface area contributed by atoms with Gasteiger partial charge >= 0.3 is 0 Å². The number of hydrogen-bond acceptors (Lipinski definition) is 4. The van der Waals surface area contributed by atoms with Crippen LogP contribution in [0.15, 0.2) is 24.4 Å². The molecule has 0 radical (unpaired) electrons. The summed E-state index contributed by atoms with van der Waals surface area (Å²) in [6.45, 7) is 6.29. The number of amides is 1. The molecule has 1 aromatic heterocycles. The lowest BCUT2D eigenvalue weighted by Gasteiger charge is -2.29. The van der Waals surface area contributed by atoms with E-state index in [0.717, 1.165) is 41.7 Å². The van der Waals surface area contributed by atoms with Gasteiger partial charge in [-0.25, -0.2) is 9.37 Å². The van der Waals surface area contributed by atoms with Crippen molar-refractivity contribution < 1.29 is 9.18 Å². The minimum absolute atomic E-state index is 0.0548. The predicted molar refractivity (Wildman–Crippen MR) is 109 cm³/mol. The summed E-state index contributed by atoms with van der Waals surface area (Å²) >= 11 is 1.52. The summed E-state index contributed by atoms with van der Waals surface area (Å²) in [4.78, 5) is 18.3. The van der Waals surface area contributed by atoms with Gasteiger partial charge in [-0.3, -0.25) is 4.79 Å². The quantitative estimate of drug-likeness (QED) is 0.724. The summed E-state index contributed by atoms with van der Waals surface area (Å²) in [5.41, 5.74) is 1.88. The molecule has 0 spiro atoms. The number of nitrogens with zero attached hydrogens (tertiary/aromatic N) is 1. The SMILES string of the molecule is CCC[C@H](NC1CCc2cccc(F)c2C1)C(=O)Nc1ncc(C(C)C)s1. The molecule has 1 aliphatic rings. The van der Waals surface area contributed by atoms with Crippen LogP contribution in [0.5, 0.6) is 0 Å². The first-order valence-corrected chi connectivity index (χ1v) is 10.6. The van der Waals surface area contributed by atoms with Gasteiger partial charge in [-0.05, 0) is 48.8 Å². The molecule has 1 heterocycles. The molecule has 1 unspecified atom stereocenters. The zero-order valence-corrected chi connectivity index (χ0v) is 17.0. The summed E-state index contributed by atoms with van der Waals surface area (Å²) in [5, 5.41) is 7.07. The molecule has 0 fully saturated rings. The molecule has 6 heteroatoms. The van der Waals surface area contributed by atoms with Crippen LogP contribution in [0.4, 0.5) is 9.52 Å². The van der Waals surface area contributed by atoms with Crippen LogP contribution >= 0.6 is 11.3 Å². The molecule has 2 atom stereocenters. The lowest BCUT2D eigenvalue weighted by molar-refractivity contribution is -0.118. The second-order valence-electron chi connectivity index (χ2n) is 7.54. The van der Waals surface area contributed by atoms with E-state index >= 15 is 0 Å². The number of hydrogen-bond donors (Lipinski definition) is 2. The van der Waals surface area contributed by atoms with Gasteiger partial charge in [0.05, 0.1) is 6.04 Å². The maximum absolute atomic E-state index is 14.1. The summed E-state index contributed by atoms with van der Waals surface area (Å²) in [5.74, 6) is 0.204. The van der Waals surface area contributed by atoms with Crippen molar-refractivity contribution in [3.8, 4) is 0 Å². The smallest absolute Gasteiger partial charge is 0.243 e. The Morgan fingerprint density at radius 2 is 2.22 bits per heavy atom. The highest BCUT2D eigenvalue weighted by Crippen LogP contribution is 2.26. The standard InChI is InChI=1S/C21H28FN3OS/c1-4-6-18(20(26)25-21-23-12-19(27-21)13(2)3)24-15-10-9-14-7-5-8-17(22)16(14)11-15/h5,7-8,12-13,15,18,24H,4,6,9-11H2,1-3H3,(H,23,25,26)/t15?,18-/m0/s1. The first kappa shape index (κ1) is 20.0. The van der Waals surface area contributed by atoms with E-state index in [1.54, 1.807) is 6.07 Å². The number of halogens is 1. The van der Waals surface area contributed by atoms with Crippen molar-refractivity contribution in [1.82, 2.24) is 10.3 Å². The number of carbonyl (C=O) groups is 1. The van der Waals surface area contributed by atoms with Gasteiger partial charge in [0.15, 0.2) is 5.13 Å². The average molecular weight is 390 g/mol. The van der Waals surface area contributed by atoms with Gasteiger partial charge in [0.25, 0.3) is 0 Å². The Kier molecular flexibility index (Phi) is 6.60. The lowest BCUT2D eigenvalue weighted by Crippen LogP contribution is -2.47. The predicted octanol–water partition coefficient (Wildman–Crippen LogP) is 4.66. The second-order valence-corrected chi connectivity index (χ2v) is 8.60. The van der Waals surface area contributed by atoms with Crippen LogP contribution in [-0.4, -0.2) is 23.0 Å². The Morgan fingerprint density at radius 3 is 2.93 bits per heavy atom. The fourth-order valence-corrected chi connectivity index (χ4v) is 4.38. The molecule has 1 amide bonds. The fourth-order valence-electron chi connectivity index (χ4n) is 3.55. The molecule has 27 heavy (non-hydrogen) atoms. The highest BCUT2D eigenvalue weighted by atomic mass is 32.1. The van der Waals surface area contributed by atoms with E-state index in [1.165, 1.54) is 17.4 Å². The van der Waals surface area contributed by atoms with Crippen LogP contribution in [0.25, 0.3) is 0 Å². The topological polar surface area (TPSA) is 54.0 Å². The maximum Gasteiger partial charge on any atom is 0.243 e. The van der Waals surface area contributed by atoms with Crippen molar-refractivity contribution in [2.45, 2.75) is 70.9 Å². The molecule has 0 saturated carbocycles. The van der Waals surface area contributed by atoms with Crippen LogP contribution in [0, 0.1) is 5.82 Å². The van der Waals surface area contributed by atoms with Crippen LogP contribution in [-0.2, 0) is 17.6 Å². The van der Waals surface area contributed by atoms with E-state index < -0.39 is 0 Å². The second kappa shape index (κ2) is 8.93. The van der Waals surface area contributed by atoms with Crippen molar-refractivity contribution in [1.29, 1.82) is 0 Å². The molecular weight excluding hydrogens is 361 g/mol. The van der Waals surface area contributed by atoms with Gasteiger partial charge in [-0.2, -0.15) is 0 Å². The third-order valence-electron chi connectivity index (χ3n) is 5.08. The Balaban J connectivity index is 1.64. The minimum atomic E-state index is -0.292. The molecule has 146 valence electrons. The van der Waals surface area contributed by atoms with Gasteiger partial charge in [-0.1, -0.05) is 39.3 Å². The largest absolute Gasteiger partial charge is 0.303 e. The van der Waals surface area contributed by atoms with Gasteiger partial charge < -0.3 is 10.6 Å². The molecule has 0 aliphatic heterocycles. The fraction of sp³-hybridized carbons (Fsp3) is 0.524. The third kappa shape index (κ3) is 4.93. The summed E-state index contributed by atoms with van der Waals surface area (Å²) in [6, 6.07) is 5.11. The van der Waals surface area contributed by atoms with Gasteiger partial charge in [-0.15, -0.1) is 11.3 Å². The van der Waals surface area contributed by atoms with Crippen LogP contribution < -0.4 is 10.6 Å². The number of aryl methyl sites for hydroxylation is 1. The van der Waals surface area contributed by atoms with Crippen LogP contribution in [0.3, 0.4) is 0 Å². The van der Waals surface area contributed by atoms with E-state index in [4.69, 9.17) is 0 Å². The van der Waals surface area contributed by atoms with Crippen molar-refractivity contribution >= 4 is 22.4 Å². The van der Waals surface area contributed by atoms with Gasteiger partial charge in [0, 0.05) is 17.1 Å². The Morgan fingerprint density at radius 1 is 1.41 bits per heavy atom. The van der Waals surface area contributed by atoms with E-state index in [2.05, 4.69) is 36.4 Å². The number of carbonyl (C=O) groups excluding carboxylic acids is 1. The summed E-state index contributed by atoms with van der Waals surface area (Å²) < 4.78 is 14.1. The zero-order chi connectivity index (χ0) is 19.4. The Hall–Kier alpha value is -1.79. The molecule has 0 saturated heterocycles. The number of rotatable bonds is 7. The van der Waals surface area contributed by atoms with Gasteiger partial charge in [0.1, 0.15) is 5.82 Å². The van der Waals surface area contributed by atoms with Crippen LogP contribution in [0.1, 0.15) is 62.0 Å². The zero-order valence-electron chi connectivity index (χ0n) is 16.2. The lowest BCUT2D eigenvalue weighted by atomic mass is 9.87. The molecule has 3 rings (SSSR count). The third-order valence-corrected chi connectivity index (χ3v) is 6.30. The number of fused-ring (bicyclic) bond motifs is 1. The van der Waals surface area contributed by atoms with E-state index in [-0.39, 0.29) is 23.8 Å². The average Bonchev–Trinajstić information content (AvgIpc) is 3.11. The number of anilines is 1. The highest BCUT2D eigenvalue weighted by Gasteiger charge is 2.26. The first-order chi connectivity index (χ1) is 13.0. The summed E-state index contributed by atoms with van der Waals surface area (Å²) in [7, 11) is 0. The molecule has 2 N–H and O–H groups in total. The normalized spacial score (nSPS) is 17.6. The van der Waals surface area contributed by atoms with Gasteiger partial charge in [0.2, 0.25) is 5.91 Å². The Bertz CT molecular complexity index is 789.